The van der Waals surface area contributed by atoms with Gasteiger partial charge in [0.05, 0.1) is 14.2 Å². The molecule has 2 rings (SSSR count). The number of nitrogens with zero attached hydrogens (tertiary/aromatic N) is 1. The lowest BCUT2D eigenvalue weighted by Crippen LogP contribution is -2.46. The van der Waals surface area contributed by atoms with Gasteiger partial charge >= 0.3 is 0 Å². The van der Waals surface area contributed by atoms with Crippen molar-refractivity contribution in [3.8, 4) is 11.5 Å². The maximum Gasteiger partial charge on any atom is 0.261 e. The predicted octanol–water partition coefficient (Wildman–Crippen LogP) is 1.66. The second kappa shape index (κ2) is 6.61. The van der Waals surface area contributed by atoms with Gasteiger partial charge in [-0.05, 0) is 31.4 Å². The van der Waals surface area contributed by atoms with Gasteiger partial charge in [-0.3, -0.25) is 4.79 Å². The van der Waals surface area contributed by atoms with Gasteiger partial charge in [0.15, 0.2) is 0 Å². The van der Waals surface area contributed by atoms with Gasteiger partial charge in [-0.2, -0.15) is 0 Å². The zero-order chi connectivity index (χ0) is 14.5. The topological polar surface area (TPSA) is 64.8 Å². The molecule has 0 heterocycles. The minimum Gasteiger partial charge on any atom is -0.496 e. The van der Waals surface area contributed by atoms with Gasteiger partial charge in [0.2, 0.25) is 0 Å². The Labute approximate surface area is 119 Å². The smallest absolute Gasteiger partial charge is 0.261 e. The van der Waals surface area contributed by atoms with E-state index in [9.17, 15) is 4.79 Å². The number of nitrogens with two attached hydrogens (primary N) is 1. The first kappa shape index (κ1) is 14.7. The third-order valence-corrected chi connectivity index (χ3v) is 3.79. The van der Waals surface area contributed by atoms with E-state index >= 15 is 0 Å². The highest BCUT2D eigenvalue weighted by Crippen LogP contribution is 2.32. The molecule has 0 bridgehead atoms. The Kier molecular flexibility index (Phi) is 4.84. The lowest BCUT2D eigenvalue weighted by Gasteiger charge is -2.37. The zero-order valence-corrected chi connectivity index (χ0v) is 12.1. The first-order chi connectivity index (χ1) is 9.72. The molecule has 5 heteroatoms. The summed E-state index contributed by atoms with van der Waals surface area (Å²) in [5, 5.41) is 0. The Balaban J connectivity index is 2.34. The maximum absolute atomic E-state index is 12.8. The summed E-state index contributed by atoms with van der Waals surface area (Å²) in [6, 6.07) is 5.65. The number of carbonyl (C=O) groups is 1. The van der Waals surface area contributed by atoms with E-state index in [1.165, 1.54) is 6.42 Å². The molecule has 0 aliphatic heterocycles. The predicted molar refractivity (Wildman–Crippen MR) is 77.3 cm³/mol. The fourth-order valence-corrected chi connectivity index (χ4v) is 2.49. The number of hydrogen-bond acceptors (Lipinski definition) is 4. The highest BCUT2D eigenvalue weighted by Gasteiger charge is 2.31. The molecule has 0 saturated heterocycles. The van der Waals surface area contributed by atoms with Crippen molar-refractivity contribution in [2.45, 2.75) is 25.3 Å². The van der Waals surface area contributed by atoms with Crippen molar-refractivity contribution in [3.63, 3.8) is 0 Å². The van der Waals surface area contributed by atoms with Gasteiger partial charge in [0.25, 0.3) is 5.91 Å². The van der Waals surface area contributed by atoms with Crippen LogP contribution in [0.1, 0.15) is 29.6 Å². The normalized spacial score (nSPS) is 14.6. The fraction of sp³-hybridized carbons (Fsp3) is 0.533. The number of benzene rings is 1. The molecule has 5 nitrogen and oxygen atoms in total. The molecule has 1 aromatic rings. The molecule has 1 fully saturated rings. The van der Waals surface area contributed by atoms with Crippen molar-refractivity contribution in [1.29, 1.82) is 0 Å². The van der Waals surface area contributed by atoms with Crippen molar-refractivity contribution in [1.82, 2.24) is 4.90 Å². The molecule has 0 atom stereocenters. The standard InChI is InChI=1S/C15H22N2O3/c1-19-12-7-4-8-13(20-2)14(12)15(18)17(10-9-16)11-5-3-6-11/h4,7-8,11H,3,5-6,9-10,16H2,1-2H3. The first-order valence-corrected chi connectivity index (χ1v) is 6.95. The summed E-state index contributed by atoms with van der Waals surface area (Å²) < 4.78 is 10.6. The second-order valence-electron chi connectivity index (χ2n) is 4.91. The first-order valence-electron chi connectivity index (χ1n) is 6.95. The van der Waals surface area contributed by atoms with Crippen LogP contribution in [-0.2, 0) is 0 Å². The highest BCUT2D eigenvalue weighted by molar-refractivity contribution is 6.00. The summed E-state index contributed by atoms with van der Waals surface area (Å²) >= 11 is 0. The molecule has 0 unspecified atom stereocenters. The zero-order valence-electron chi connectivity index (χ0n) is 12.1. The lowest BCUT2D eigenvalue weighted by molar-refractivity contribution is 0.0582. The summed E-state index contributed by atoms with van der Waals surface area (Å²) in [4.78, 5) is 14.7. The number of rotatable bonds is 6. The molecular formula is C15H22N2O3. The van der Waals surface area contributed by atoms with Crippen LogP contribution in [0, 0.1) is 0 Å². The van der Waals surface area contributed by atoms with E-state index in [1.807, 2.05) is 11.0 Å². The SMILES string of the molecule is COc1cccc(OC)c1C(=O)N(CCN)C1CCC1. The molecule has 110 valence electrons. The van der Waals surface area contributed by atoms with Crippen molar-refractivity contribution >= 4 is 5.91 Å². The largest absolute Gasteiger partial charge is 0.496 e. The van der Waals surface area contributed by atoms with Crippen LogP contribution in [-0.4, -0.2) is 44.2 Å². The molecule has 1 aliphatic carbocycles. The molecule has 0 radical (unpaired) electrons. The van der Waals surface area contributed by atoms with Crippen LogP contribution in [0.2, 0.25) is 0 Å². The Morgan fingerprint density at radius 1 is 1.30 bits per heavy atom. The van der Waals surface area contributed by atoms with E-state index in [0.717, 1.165) is 12.8 Å². The van der Waals surface area contributed by atoms with E-state index in [4.69, 9.17) is 15.2 Å². The van der Waals surface area contributed by atoms with Crippen molar-refractivity contribution in [2.24, 2.45) is 5.73 Å². The summed E-state index contributed by atoms with van der Waals surface area (Å²) in [5.41, 5.74) is 6.13. The van der Waals surface area contributed by atoms with Crippen LogP contribution in [0.5, 0.6) is 11.5 Å². The quantitative estimate of drug-likeness (QED) is 0.859. The third kappa shape index (κ3) is 2.72. The maximum atomic E-state index is 12.8. The Morgan fingerprint density at radius 3 is 2.30 bits per heavy atom. The Bertz CT molecular complexity index is 450. The van der Waals surface area contributed by atoms with E-state index in [0.29, 0.717) is 36.2 Å². The minimum absolute atomic E-state index is 0.0607. The average Bonchev–Trinajstić information content (AvgIpc) is 2.43. The molecule has 0 aromatic heterocycles. The molecule has 1 amide bonds. The summed E-state index contributed by atoms with van der Waals surface area (Å²) in [6.45, 7) is 1.02. The van der Waals surface area contributed by atoms with Gasteiger partial charge in [-0.1, -0.05) is 6.07 Å². The van der Waals surface area contributed by atoms with E-state index in [2.05, 4.69) is 0 Å². The molecule has 1 aromatic carbocycles. The second-order valence-corrected chi connectivity index (χ2v) is 4.91. The monoisotopic (exact) mass is 278 g/mol. The summed E-state index contributed by atoms with van der Waals surface area (Å²) in [5.74, 6) is 1.01. The van der Waals surface area contributed by atoms with Crippen molar-refractivity contribution in [3.05, 3.63) is 23.8 Å². The fourth-order valence-electron chi connectivity index (χ4n) is 2.49. The Hall–Kier alpha value is -1.75. The van der Waals surface area contributed by atoms with Crippen LogP contribution in [0.25, 0.3) is 0 Å². The average molecular weight is 278 g/mol. The van der Waals surface area contributed by atoms with Crippen LogP contribution in [0.4, 0.5) is 0 Å². The number of ether oxygens (including phenoxy) is 2. The van der Waals surface area contributed by atoms with Gasteiger partial charge in [0, 0.05) is 19.1 Å². The summed E-state index contributed by atoms with van der Waals surface area (Å²) in [7, 11) is 3.12. The van der Waals surface area contributed by atoms with Crippen molar-refractivity contribution in [2.75, 3.05) is 27.3 Å². The van der Waals surface area contributed by atoms with Crippen LogP contribution in [0.15, 0.2) is 18.2 Å². The summed E-state index contributed by atoms with van der Waals surface area (Å²) in [6.07, 6.45) is 3.26. The van der Waals surface area contributed by atoms with Crippen molar-refractivity contribution < 1.29 is 14.3 Å². The number of methoxy groups -OCH3 is 2. The Morgan fingerprint density at radius 2 is 1.90 bits per heavy atom. The van der Waals surface area contributed by atoms with Gasteiger partial charge in [-0.15, -0.1) is 0 Å². The molecule has 1 saturated carbocycles. The number of hydrogen-bond donors (Lipinski definition) is 1. The van der Waals surface area contributed by atoms with Crippen LogP contribution in [0.3, 0.4) is 0 Å². The van der Waals surface area contributed by atoms with E-state index in [-0.39, 0.29) is 5.91 Å². The number of amides is 1. The third-order valence-electron chi connectivity index (χ3n) is 3.79. The minimum atomic E-state index is -0.0607. The molecule has 20 heavy (non-hydrogen) atoms. The number of carbonyl (C=O) groups excluding carboxylic acids is 1. The van der Waals surface area contributed by atoms with E-state index in [1.54, 1.807) is 26.4 Å². The highest BCUT2D eigenvalue weighted by atomic mass is 16.5. The van der Waals surface area contributed by atoms with Gasteiger partial charge < -0.3 is 20.1 Å². The van der Waals surface area contributed by atoms with E-state index < -0.39 is 0 Å². The molecule has 1 aliphatic rings. The van der Waals surface area contributed by atoms with Gasteiger partial charge in [0.1, 0.15) is 17.1 Å². The molecular weight excluding hydrogens is 256 g/mol. The van der Waals surface area contributed by atoms with Crippen LogP contribution >= 0.6 is 0 Å². The van der Waals surface area contributed by atoms with Gasteiger partial charge in [-0.25, -0.2) is 0 Å². The lowest BCUT2D eigenvalue weighted by atomic mass is 9.90. The molecule has 2 N–H and O–H groups in total. The van der Waals surface area contributed by atoms with Crippen LogP contribution < -0.4 is 15.2 Å². The molecule has 0 spiro atoms.